The lowest BCUT2D eigenvalue weighted by Crippen LogP contribution is -2.42. The molecule has 1 atom stereocenters. The summed E-state index contributed by atoms with van der Waals surface area (Å²) in [4.78, 5) is 2.17. The highest BCUT2D eigenvalue weighted by atomic mass is 19.1. The predicted molar refractivity (Wildman–Crippen MR) is 74.7 cm³/mol. The van der Waals surface area contributed by atoms with Crippen LogP contribution in [0.4, 0.5) is 10.1 Å². The number of aliphatic hydroxyl groups excluding tert-OH is 1. The van der Waals surface area contributed by atoms with Crippen molar-refractivity contribution in [3.8, 4) is 5.75 Å². The van der Waals surface area contributed by atoms with Crippen molar-refractivity contribution in [2.24, 2.45) is 0 Å². The van der Waals surface area contributed by atoms with E-state index in [1.165, 1.54) is 13.2 Å². The van der Waals surface area contributed by atoms with Crippen LogP contribution in [0.5, 0.6) is 5.75 Å². The number of morpholine rings is 1. The van der Waals surface area contributed by atoms with E-state index in [9.17, 15) is 9.50 Å². The van der Waals surface area contributed by atoms with Crippen molar-refractivity contribution in [1.82, 2.24) is 4.90 Å². The third-order valence-electron chi connectivity index (χ3n) is 3.27. The van der Waals surface area contributed by atoms with Crippen LogP contribution in [0.2, 0.25) is 0 Å². The summed E-state index contributed by atoms with van der Waals surface area (Å²) in [5.41, 5.74) is 0.726. The normalized spacial score (nSPS) is 17.8. The molecule has 6 heteroatoms. The first-order valence-electron chi connectivity index (χ1n) is 6.74. The number of β-amino-alcohol motifs (C(OH)–C–C–N with tert-alkyl or cyclic N) is 1. The third-order valence-corrected chi connectivity index (χ3v) is 3.27. The second-order valence-electron chi connectivity index (χ2n) is 4.80. The molecular formula is C14H21FN2O3. The van der Waals surface area contributed by atoms with Gasteiger partial charge in [0.1, 0.15) is 0 Å². The molecule has 1 heterocycles. The number of nitrogens with one attached hydrogen (secondary N) is 1. The molecule has 1 fully saturated rings. The number of methoxy groups -OCH3 is 1. The van der Waals surface area contributed by atoms with E-state index in [2.05, 4.69) is 10.2 Å². The van der Waals surface area contributed by atoms with Gasteiger partial charge < -0.3 is 19.9 Å². The molecule has 0 bridgehead atoms. The molecule has 0 saturated carbocycles. The van der Waals surface area contributed by atoms with Crippen molar-refractivity contribution >= 4 is 5.69 Å². The minimum absolute atomic E-state index is 0.192. The topological polar surface area (TPSA) is 54.0 Å². The zero-order valence-corrected chi connectivity index (χ0v) is 11.6. The molecule has 1 saturated heterocycles. The van der Waals surface area contributed by atoms with Crippen LogP contribution < -0.4 is 10.1 Å². The number of halogens is 1. The minimum Gasteiger partial charge on any atom is -0.494 e. The molecule has 1 aromatic carbocycles. The van der Waals surface area contributed by atoms with Crippen molar-refractivity contribution in [2.45, 2.75) is 6.10 Å². The summed E-state index contributed by atoms with van der Waals surface area (Å²) in [6.07, 6.45) is -0.482. The van der Waals surface area contributed by atoms with E-state index in [-0.39, 0.29) is 5.75 Å². The largest absolute Gasteiger partial charge is 0.494 e. The van der Waals surface area contributed by atoms with Crippen LogP contribution in [-0.2, 0) is 4.74 Å². The molecule has 0 radical (unpaired) electrons. The average Bonchev–Trinajstić information content (AvgIpc) is 2.47. The Labute approximate surface area is 118 Å². The lowest BCUT2D eigenvalue weighted by molar-refractivity contribution is 0.0171. The summed E-state index contributed by atoms with van der Waals surface area (Å²) in [7, 11) is 1.43. The monoisotopic (exact) mass is 284 g/mol. The maximum atomic E-state index is 13.3. The number of hydrogen-bond donors (Lipinski definition) is 2. The van der Waals surface area contributed by atoms with Gasteiger partial charge in [0.2, 0.25) is 0 Å². The van der Waals surface area contributed by atoms with Crippen LogP contribution in [0, 0.1) is 5.82 Å². The molecule has 1 unspecified atom stereocenters. The SMILES string of the molecule is COc1cc(NCC(O)CN2CCOCC2)ccc1F. The van der Waals surface area contributed by atoms with Gasteiger partial charge in [-0.15, -0.1) is 0 Å². The van der Waals surface area contributed by atoms with E-state index in [0.717, 1.165) is 32.0 Å². The average molecular weight is 284 g/mol. The van der Waals surface area contributed by atoms with Crippen molar-refractivity contribution in [1.29, 1.82) is 0 Å². The second-order valence-corrected chi connectivity index (χ2v) is 4.80. The van der Waals surface area contributed by atoms with Crippen LogP contribution in [0.1, 0.15) is 0 Å². The van der Waals surface area contributed by atoms with Crippen molar-refractivity contribution in [2.75, 3.05) is 51.8 Å². The highest BCUT2D eigenvalue weighted by Crippen LogP contribution is 2.21. The lowest BCUT2D eigenvalue weighted by Gasteiger charge is -2.28. The molecular weight excluding hydrogens is 263 g/mol. The summed E-state index contributed by atoms with van der Waals surface area (Å²) in [5, 5.41) is 13.1. The van der Waals surface area contributed by atoms with E-state index in [1.54, 1.807) is 12.1 Å². The lowest BCUT2D eigenvalue weighted by atomic mass is 10.2. The van der Waals surface area contributed by atoms with Crippen LogP contribution in [0.25, 0.3) is 0 Å². The van der Waals surface area contributed by atoms with Gasteiger partial charge in [0.05, 0.1) is 26.4 Å². The Hall–Kier alpha value is -1.37. The van der Waals surface area contributed by atoms with Crippen LogP contribution >= 0.6 is 0 Å². The standard InChI is InChI=1S/C14H21FN2O3/c1-19-14-8-11(2-3-13(14)15)16-9-12(18)10-17-4-6-20-7-5-17/h2-3,8,12,16,18H,4-7,9-10H2,1H3. The zero-order valence-electron chi connectivity index (χ0n) is 11.6. The minimum atomic E-state index is -0.482. The van der Waals surface area contributed by atoms with Crippen LogP contribution in [0.3, 0.4) is 0 Å². The van der Waals surface area contributed by atoms with Gasteiger partial charge in [-0.3, -0.25) is 4.90 Å². The molecule has 1 aromatic rings. The van der Waals surface area contributed by atoms with Gasteiger partial charge in [-0.2, -0.15) is 0 Å². The maximum Gasteiger partial charge on any atom is 0.165 e. The predicted octanol–water partition coefficient (Wildman–Crippen LogP) is 0.939. The van der Waals surface area contributed by atoms with Gasteiger partial charge in [0, 0.05) is 37.9 Å². The summed E-state index contributed by atoms with van der Waals surface area (Å²) in [5.74, 6) is -0.204. The summed E-state index contributed by atoms with van der Waals surface area (Å²) < 4.78 is 23.4. The number of nitrogens with zero attached hydrogens (tertiary/aromatic N) is 1. The molecule has 2 rings (SSSR count). The van der Waals surface area contributed by atoms with Gasteiger partial charge in [0.25, 0.3) is 0 Å². The first-order chi connectivity index (χ1) is 9.69. The fourth-order valence-corrected chi connectivity index (χ4v) is 2.15. The van der Waals surface area contributed by atoms with Gasteiger partial charge in [-0.1, -0.05) is 0 Å². The zero-order chi connectivity index (χ0) is 14.4. The first-order valence-corrected chi connectivity index (χ1v) is 6.74. The molecule has 1 aliphatic rings. The van der Waals surface area contributed by atoms with Gasteiger partial charge >= 0.3 is 0 Å². The number of rotatable bonds is 6. The van der Waals surface area contributed by atoms with Crippen molar-refractivity contribution in [3.05, 3.63) is 24.0 Å². The van der Waals surface area contributed by atoms with Crippen LogP contribution in [-0.4, -0.2) is 62.6 Å². The van der Waals surface area contributed by atoms with E-state index < -0.39 is 11.9 Å². The van der Waals surface area contributed by atoms with Gasteiger partial charge in [-0.05, 0) is 12.1 Å². The van der Waals surface area contributed by atoms with E-state index in [1.807, 2.05) is 0 Å². The summed E-state index contributed by atoms with van der Waals surface area (Å²) in [6.45, 7) is 4.15. The number of benzene rings is 1. The molecule has 5 nitrogen and oxygen atoms in total. The first kappa shape index (κ1) is 15.0. The Bertz CT molecular complexity index is 425. The Balaban J connectivity index is 1.78. The quantitative estimate of drug-likeness (QED) is 0.814. The number of hydrogen-bond acceptors (Lipinski definition) is 5. The highest BCUT2D eigenvalue weighted by Gasteiger charge is 2.14. The highest BCUT2D eigenvalue weighted by molar-refractivity contribution is 5.48. The Kier molecular flexibility index (Phi) is 5.58. The van der Waals surface area contributed by atoms with E-state index in [4.69, 9.17) is 9.47 Å². The van der Waals surface area contributed by atoms with E-state index >= 15 is 0 Å². The molecule has 20 heavy (non-hydrogen) atoms. The fraction of sp³-hybridized carbons (Fsp3) is 0.571. The molecule has 0 aliphatic carbocycles. The number of ether oxygens (including phenoxy) is 2. The van der Waals surface area contributed by atoms with Gasteiger partial charge in [0.15, 0.2) is 11.6 Å². The van der Waals surface area contributed by atoms with E-state index in [0.29, 0.717) is 13.1 Å². The van der Waals surface area contributed by atoms with Crippen LogP contribution in [0.15, 0.2) is 18.2 Å². The smallest absolute Gasteiger partial charge is 0.165 e. The Morgan fingerprint density at radius 2 is 2.20 bits per heavy atom. The molecule has 1 aliphatic heterocycles. The van der Waals surface area contributed by atoms with Crippen molar-refractivity contribution in [3.63, 3.8) is 0 Å². The molecule has 112 valence electrons. The Morgan fingerprint density at radius 1 is 1.45 bits per heavy atom. The maximum absolute atomic E-state index is 13.3. The third kappa shape index (κ3) is 4.33. The summed E-state index contributed by atoms with van der Waals surface area (Å²) >= 11 is 0. The molecule has 0 aromatic heterocycles. The number of aliphatic hydroxyl groups is 1. The summed E-state index contributed by atoms with van der Waals surface area (Å²) in [6, 6.07) is 4.55. The van der Waals surface area contributed by atoms with Gasteiger partial charge in [-0.25, -0.2) is 4.39 Å². The van der Waals surface area contributed by atoms with Crippen molar-refractivity contribution < 1.29 is 19.0 Å². The molecule has 0 spiro atoms. The Morgan fingerprint density at radius 3 is 2.90 bits per heavy atom. The second kappa shape index (κ2) is 7.42. The molecule has 0 amide bonds. The fourth-order valence-electron chi connectivity index (χ4n) is 2.15. The molecule has 2 N–H and O–H groups in total. The number of anilines is 1.